The summed E-state index contributed by atoms with van der Waals surface area (Å²) >= 11 is 0. The van der Waals surface area contributed by atoms with Gasteiger partial charge in [-0.2, -0.15) is 0 Å². The van der Waals surface area contributed by atoms with Gasteiger partial charge in [-0.1, -0.05) is 12.1 Å². The molecule has 22 heavy (non-hydrogen) atoms. The van der Waals surface area contributed by atoms with Gasteiger partial charge in [0, 0.05) is 12.6 Å². The number of methoxy groups -OCH3 is 1. The Hall–Kier alpha value is -3.09. The number of nitrogens with one attached hydrogen (secondary N) is 1. The van der Waals surface area contributed by atoms with Gasteiger partial charge in [-0.05, 0) is 29.8 Å². The summed E-state index contributed by atoms with van der Waals surface area (Å²) in [6, 6.07) is 9.95. The van der Waals surface area contributed by atoms with Crippen molar-refractivity contribution < 1.29 is 18.9 Å². The van der Waals surface area contributed by atoms with Crippen LogP contribution in [0.3, 0.4) is 0 Å². The predicted molar refractivity (Wildman–Crippen MR) is 79.2 cm³/mol. The molecule has 1 N–H and O–H groups in total. The van der Waals surface area contributed by atoms with Crippen molar-refractivity contribution in [1.82, 2.24) is 5.32 Å². The Kier molecular flexibility index (Phi) is 4.92. The number of furan rings is 1. The highest BCUT2D eigenvalue weighted by atomic mass is 16.6. The Balaban J connectivity index is 1.86. The number of hydrogen-bond donors (Lipinski definition) is 1. The lowest BCUT2D eigenvalue weighted by Crippen LogP contribution is -2.20. The van der Waals surface area contributed by atoms with Gasteiger partial charge in [-0.25, -0.2) is 0 Å². The van der Waals surface area contributed by atoms with Gasteiger partial charge in [-0.3, -0.25) is 14.9 Å². The molecule has 0 atom stereocenters. The topological polar surface area (TPSA) is 94.6 Å². The van der Waals surface area contributed by atoms with Crippen LogP contribution in [0.4, 0.5) is 5.88 Å². The quantitative estimate of drug-likeness (QED) is 0.502. The molecule has 7 nitrogen and oxygen atoms in total. The Morgan fingerprint density at radius 3 is 2.64 bits per heavy atom. The summed E-state index contributed by atoms with van der Waals surface area (Å²) in [6.45, 7) is 0.367. The van der Waals surface area contributed by atoms with Crippen molar-refractivity contribution in [3.05, 3.63) is 63.9 Å². The SMILES string of the molecule is COc1ccc(CNC(=O)/C=C/c2ccc([N+](=O)[O-])o2)cc1. The lowest BCUT2D eigenvalue weighted by molar-refractivity contribution is -0.402. The number of rotatable bonds is 6. The lowest BCUT2D eigenvalue weighted by atomic mass is 10.2. The van der Waals surface area contributed by atoms with Crippen LogP contribution in [0.5, 0.6) is 5.75 Å². The van der Waals surface area contributed by atoms with E-state index >= 15 is 0 Å². The largest absolute Gasteiger partial charge is 0.497 e. The van der Waals surface area contributed by atoms with Gasteiger partial charge in [0.05, 0.1) is 13.2 Å². The van der Waals surface area contributed by atoms with Crippen molar-refractivity contribution >= 4 is 17.9 Å². The minimum Gasteiger partial charge on any atom is -0.497 e. The molecule has 0 fully saturated rings. The lowest BCUT2D eigenvalue weighted by Gasteiger charge is -2.04. The second-order valence-corrected chi connectivity index (χ2v) is 4.33. The van der Waals surface area contributed by atoms with Crippen LogP contribution >= 0.6 is 0 Å². The maximum absolute atomic E-state index is 11.7. The van der Waals surface area contributed by atoms with Crippen LogP contribution in [0.1, 0.15) is 11.3 Å². The van der Waals surface area contributed by atoms with E-state index < -0.39 is 4.92 Å². The van der Waals surface area contributed by atoms with Crippen molar-refractivity contribution in [2.45, 2.75) is 6.54 Å². The van der Waals surface area contributed by atoms with Crippen LogP contribution in [-0.2, 0) is 11.3 Å². The molecular formula is C15H14N2O5. The van der Waals surface area contributed by atoms with Gasteiger partial charge < -0.3 is 14.5 Å². The van der Waals surface area contributed by atoms with E-state index in [1.807, 2.05) is 12.1 Å². The van der Waals surface area contributed by atoms with Crippen LogP contribution in [0.2, 0.25) is 0 Å². The fraction of sp³-hybridized carbons (Fsp3) is 0.133. The summed E-state index contributed by atoms with van der Waals surface area (Å²) in [6.07, 6.45) is 2.63. The number of amides is 1. The average Bonchev–Trinajstić information content (AvgIpc) is 3.00. The Bertz CT molecular complexity index is 688. The van der Waals surface area contributed by atoms with Crippen LogP contribution in [-0.4, -0.2) is 17.9 Å². The minimum absolute atomic E-state index is 0.242. The zero-order valence-corrected chi connectivity index (χ0v) is 11.8. The van der Waals surface area contributed by atoms with Gasteiger partial charge in [0.15, 0.2) is 0 Å². The molecule has 0 aliphatic heterocycles. The second-order valence-electron chi connectivity index (χ2n) is 4.33. The van der Waals surface area contributed by atoms with Gasteiger partial charge >= 0.3 is 5.88 Å². The zero-order chi connectivity index (χ0) is 15.9. The van der Waals surface area contributed by atoms with Crippen LogP contribution < -0.4 is 10.1 Å². The third-order valence-corrected chi connectivity index (χ3v) is 2.82. The Morgan fingerprint density at radius 2 is 2.05 bits per heavy atom. The molecule has 7 heteroatoms. The molecule has 1 aromatic heterocycles. The summed E-state index contributed by atoms with van der Waals surface area (Å²) in [7, 11) is 1.58. The van der Waals surface area contributed by atoms with Crippen LogP contribution in [0, 0.1) is 10.1 Å². The molecule has 1 amide bonds. The van der Waals surface area contributed by atoms with Gasteiger partial charge in [0.1, 0.15) is 16.4 Å². The van der Waals surface area contributed by atoms with Gasteiger partial charge in [0.2, 0.25) is 5.91 Å². The van der Waals surface area contributed by atoms with Crippen molar-refractivity contribution in [2.75, 3.05) is 7.11 Å². The third-order valence-electron chi connectivity index (χ3n) is 2.82. The molecule has 0 spiro atoms. The van der Waals surface area contributed by atoms with Crippen molar-refractivity contribution in [3.8, 4) is 5.75 Å². The summed E-state index contributed by atoms with van der Waals surface area (Å²) in [4.78, 5) is 21.5. The number of carbonyl (C=O) groups is 1. The molecule has 114 valence electrons. The highest BCUT2D eigenvalue weighted by Gasteiger charge is 2.10. The average molecular weight is 302 g/mol. The smallest absolute Gasteiger partial charge is 0.433 e. The van der Waals surface area contributed by atoms with Crippen molar-refractivity contribution in [2.24, 2.45) is 0 Å². The van der Waals surface area contributed by atoms with E-state index in [0.29, 0.717) is 6.54 Å². The first kappa shape index (κ1) is 15.3. The second kappa shape index (κ2) is 7.07. The number of hydrogen-bond acceptors (Lipinski definition) is 5. The van der Waals surface area contributed by atoms with Crippen molar-refractivity contribution in [1.29, 1.82) is 0 Å². The number of benzene rings is 1. The fourth-order valence-corrected chi connectivity index (χ4v) is 1.68. The number of carbonyl (C=O) groups excluding carboxylic acids is 1. The van der Waals surface area contributed by atoms with E-state index in [4.69, 9.17) is 9.15 Å². The third kappa shape index (κ3) is 4.20. The molecule has 2 aromatic rings. The molecule has 1 aromatic carbocycles. The molecule has 0 aliphatic rings. The predicted octanol–water partition coefficient (Wildman–Crippen LogP) is 2.53. The molecular weight excluding hydrogens is 288 g/mol. The molecule has 0 saturated heterocycles. The normalized spacial score (nSPS) is 10.6. The molecule has 0 bridgehead atoms. The van der Waals surface area contributed by atoms with Gasteiger partial charge in [-0.15, -0.1) is 0 Å². The Labute approximate surface area is 126 Å². The molecule has 0 saturated carbocycles. The highest BCUT2D eigenvalue weighted by Crippen LogP contribution is 2.16. The van der Waals surface area contributed by atoms with Crippen LogP contribution in [0.15, 0.2) is 46.9 Å². The van der Waals surface area contributed by atoms with E-state index in [2.05, 4.69) is 5.32 Å². The zero-order valence-electron chi connectivity index (χ0n) is 11.8. The van der Waals surface area contributed by atoms with Crippen molar-refractivity contribution in [3.63, 3.8) is 0 Å². The molecule has 0 radical (unpaired) electrons. The van der Waals surface area contributed by atoms with E-state index in [0.717, 1.165) is 11.3 Å². The summed E-state index contributed by atoms with van der Waals surface area (Å²) in [5.74, 6) is 0.300. The first-order valence-electron chi connectivity index (χ1n) is 6.41. The molecule has 0 aliphatic carbocycles. The van der Waals surface area contributed by atoms with E-state index in [-0.39, 0.29) is 17.6 Å². The van der Waals surface area contributed by atoms with E-state index in [1.165, 1.54) is 24.3 Å². The number of nitrogens with zero attached hydrogens (tertiary/aromatic N) is 1. The molecule has 1 heterocycles. The first-order valence-corrected chi connectivity index (χ1v) is 6.41. The Morgan fingerprint density at radius 1 is 1.32 bits per heavy atom. The molecule has 2 rings (SSSR count). The minimum atomic E-state index is -0.638. The molecule has 0 unspecified atom stereocenters. The summed E-state index contributed by atoms with van der Waals surface area (Å²) in [5.41, 5.74) is 0.927. The standard InChI is InChI=1S/C15H14N2O5/c1-21-12-4-2-11(3-5-12)10-16-14(18)8-6-13-7-9-15(22-13)17(19)20/h2-9H,10H2,1H3,(H,16,18)/b8-6+. The first-order chi connectivity index (χ1) is 10.6. The highest BCUT2D eigenvalue weighted by molar-refractivity contribution is 5.91. The maximum Gasteiger partial charge on any atom is 0.433 e. The number of ether oxygens (including phenoxy) is 1. The van der Waals surface area contributed by atoms with E-state index in [1.54, 1.807) is 19.2 Å². The van der Waals surface area contributed by atoms with Gasteiger partial charge in [0.25, 0.3) is 0 Å². The number of nitro groups is 1. The van der Waals surface area contributed by atoms with Crippen LogP contribution in [0.25, 0.3) is 6.08 Å². The van der Waals surface area contributed by atoms with E-state index in [9.17, 15) is 14.9 Å². The maximum atomic E-state index is 11.7. The summed E-state index contributed by atoms with van der Waals surface area (Å²) < 4.78 is 9.95. The monoisotopic (exact) mass is 302 g/mol. The summed E-state index contributed by atoms with van der Waals surface area (Å²) in [5, 5.41) is 13.2. The fourth-order valence-electron chi connectivity index (χ4n) is 1.68.